The predicted molar refractivity (Wildman–Crippen MR) is 85.2 cm³/mol. The molecule has 0 spiro atoms. The number of carbonyl (C=O) groups is 2. The van der Waals surface area contributed by atoms with Crippen LogP contribution < -0.4 is 25.8 Å². The number of carbonyl (C=O) groups excluding carboxylic acids is 2. The number of urea groups is 1. The molecule has 2 aromatic carbocycles. The second-order valence-corrected chi connectivity index (χ2v) is 5.12. The van der Waals surface area contributed by atoms with Crippen molar-refractivity contribution in [2.24, 2.45) is 5.73 Å². The summed E-state index contributed by atoms with van der Waals surface area (Å²) in [6.45, 7) is 0.115. The SMILES string of the molecule is NC(=O)Nc1cccc(C(=O)Nc2cc3c(cc2Cl)OCO3)c1. The smallest absolute Gasteiger partial charge is 0.316 e. The minimum Gasteiger partial charge on any atom is -0.454 e. The molecule has 0 radical (unpaired) electrons. The fourth-order valence-corrected chi connectivity index (χ4v) is 2.29. The van der Waals surface area contributed by atoms with Crippen molar-refractivity contribution in [3.05, 3.63) is 47.0 Å². The van der Waals surface area contributed by atoms with Crippen molar-refractivity contribution in [3.63, 3.8) is 0 Å². The molecular formula is C15H12ClN3O4. The number of hydrogen-bond donors (Lipinski definition) is 3. The average molecular weight is 334 g/mol. The number of halogens is 1. The fraction of sp³-hybridized carbons (Fsp3) is 0.0667. The standard InChI is InChI=1S/C15H12ClN3O4/c16-10-5-12-13(23-7-22-12)6-11(10)19-14(20)8-2-1-3-9(4-8)18-15(17)21/h1-6H,7H2,(H,19,20)(H3,17,18,21). The molecule has 0 unspecified atom stereocenters. The molecular weight excluding hydrogens is 322 g/mol. The molecule has 0 saturated heterocycles. The number of anilines is 2. The maximum atomic E-state index is 12.3. The maximum Gasteiger partial charge on any atom is 0.316 e. The molecule has 0 fully saturated rings. The van der Waals surface area contributed by atoms with Gasteiger partial charge < -0.3 is 25.8 Å². The topological polar surface area (TPSA) is 103 Å². The van der Waals surface area contributed by atoms with Gasteiger partial charge in [0.1, 0.15) is 0 Å². The summed E-state index contributed by atoms with van der Waals surface area (Å²) in [6.07, 6.45) is 0. The molecule has 23 heavy (non-hydrogen) atoms. The zero-order valence-electron chi connectivity index (χ0n) is 11.8. The number of hydrogen-bond acceptors (Lipinski definition) is 4. The monoisotopic (exact) mass is 333 g/mol. The lowest BCUT2D eigenvalue weighted by Gasteiger charge is -2.09. The first kappa shape index (κ1) is 15.0. The van der Waals surface area contributed by atoms with Crippen molar-refractivity contribution in [1.82, 2.24) is 0 Å². The van der Waals surface area contributed by atoms with Crippen molar-refractivity contribution >= 4 is 34.9 Å². The summed E-state index contributed by atoms with van der Waals surface area (Å²) in [6, 6.07) is 8.81. The number of fused-ring (bicyclic) bond motifs is 1. The third kappa shape index (κ3) is 3.29. The van der Waals surface area contributed by atoms with E-state index in [-0.39, 0.29) is 12.7 Å². The van der Waals surface area contributed by atoms with Gasteiger partial charge in [0, 0.05) is 23.4 Å². The van der Waals surface area contributed by atoms with Crippen LogP contribution in [0.5, 0.6) is 11.5 Å². The highest BCUT2D eigenvalue weighted by atomic mass is 35.5. The molecule has 7 nitrogen and oxygen atoms in total. The van der Waals surface area contributed by atoms with Gasteiger partial charge in [-0.05, 0) is 18.2 Å². The van der Waals surface area contributed by atoms with Crippen molar-refractivity contribution < 1.29 is 19.1 Å². The molecule has 0 saturated carbocycles. The molecule has 4 N–H and O–H groups in total. The summed E-state index contributed by atoms with van der Waals surface area (Å²) >= 11 is 6.12. The van der Waals surface area contributed by atoms with Crippen LogP contribution in [0, 0.1) is 0 Å². The molecule has 1 aliphatic rings. The van der Waals surface area contributed by atoms with Gasteiger partial charge in [0.25, 0.3) is 5.91 Å². The van der Waals surface area contributed by atoms with Crippen LogP contribution in [-0.2, 0) is 0 Å². The van der Waals surface area contributed by atoms with Crippen molar-refractivity contribution in [3.8, 4) is 11.5 Å². The highest BCUT2D eigenvalue weighted by Crippen LogP contribution is 2.39. The van der Waals surface area contributed by atoms with Crippen LogP contribution in [-0.4, -0.2) is 18.7 Å². The Hall–Kier alpha value is -2.93. The van der Waals surface area contributed by atoms with E-state index in [9.17, 15) is 9.59 Å². The number of nitrogens with one attached hydrogen (secondary N) is 2. The Morgan fingerprint density at radius 2 is 1.83 bits per heavy atom. The van der Waals surface area contributed by atoms with Crippen LogP contribution in [0.1, 0.15) is 10.4 Å². The molecule has 0 aliphatic carbocycles. The second-order valence-electron chi connectivity index (χ2n) is 4.71. The zero-order valence-corrected chi connectivity index (χ0v) is 12.5. The van der Waals surface area contributed by atoms with Gasteiger partial charge in [-0.2, -0.15) is 0 Å². The Morgan fingerprint density at radius 3 is 2.57 bits per heavy atom. The van der Waals surface area contributed by atoms with Crippen LogP contribution in [0.25, 0.3) is 0 Å². The Bertz CT molecular complexity index is 794. The number of nitrogens with two attached hydrogens (primary N) is 1. The van der Waals surface area contributed by atoms with Crippen molar-refractivity contribution in [2.75, 3.05) is 17.4 Å². The molecule has 0 aromatic heterocycles. The van der Waals surface area contributed by atoms with Gasteiger partial charge in [0.05, 0.1) is 10.7 Å². The number of primary amides is 1. The van der Waals surface area contributed by atoms with E-state index in [1.807, 2.05) is 0 Å². The minimum atomic E-state index is -0.707. The maximum absolute atomic E-state index is 12.3. The summed E-state index contributed by atoms with van der Waals surface area (Å²) in [5.74, 6) is 0.647. The van der Waals surface area contributed by atoms with E-state index in [1.165, 1.54) is 6.07 Å². The van der Waals surface area contributed by atoms with E-state index < -0.39 is 6.03 Å². The van der Waals surface area contributed by atoms with E-state index in [1.54, 1.807) is 30.3 Å². The van der Waals surface area contributed by atoms with Crippen molar-refractivity contribution in [1.29, 1.82) is 0 Å². The predicted octanol–water partition coefficient (Wildman–Crippen LogP) is 2.81. The molecule has 0 atom stereocenters. The molecule has 1 aliphatic heterocycles. The number of amides is 3. The van der Waals surface area contributed by atoms with Gasteiger partial charge in [-0.25, -0.2) is 4.79 Å². The number of benzene rings is 2. The first-order chi connectivity index (χ1) is 11.0. The summed E-state index contributed by atoms with van der Waals surface area (Å²) < 4.78 is 10.5. The lowest BCUT2D eigenvalue weighted by molar-refractivity contribution is 0.102. The molecule has 118 valence electrons. The molecule has 3 amide bonds. The van der Waals surface area contributed by atoms with E-state index in [0.717, 1.165) is 0 Å². The summed E-state index contributed by atoms with van der Waals surface area (Å²) in [4.78, 5) is 23.2. The van der Waals surface area contributed by atoms with Gasteiger partial charge >= 0.3 is 6.03 Å². The normalized spacial score (nSPS) is 11.9. The number of ether oxygens (including phenoxy) is 2. The lowest BCUT2D eigenvalue weighted by atomic mass is 10.1. The second kappa shape index (κ2) is 6.05. The largest absolute Gasteiger partial charge is 0.454 e. The van der Waals surface area contributed by atoms with Crippen LogP contribution in [0.4, 0.5) is 16.2 Å². The Kier molecular flexibility index (Phi) is 3.94. The molecule has 0 bridgehead atoms. The van der Waals surface area contributed by atoms with Crippen LogP contribution in [0.15, 0.2) is 36.4 Å². The highest BCUT2D eigenvalue weighted by Gasteiger charge is 2.18. The first-order valence-corrected chi connectivity index (χ1v) is 6.98. The Labute approximate surface area is 136 Å². The fourth-order valence-electron chi connectivity index (χ4n) is 2.09. The third-order valence-electron chi connectivity index (χ3n) is 3.10. The molecule has 1 heterocycles. The average Bonchev–Trinajstić information content (AvgIpc) is 2.94. The van der Waals surface area contributed by atoms with E-state index in [4.69, 9.17) is 26.8 Å². The quantitative estimate of drug-likeness (QED) is 0.803. The Balaban J connectivity index is 1.81. The van der Waals surface area contributed by atoms with E-state index in [0.29, 0.717) is 33.5 Å². The zero-order chi connectivity index (χ0) is 16.4. The minimum absolute atomic E-state index is 0.115. The summed E-state index contributed by atoms with van der Waals surface area (Å²) in [5.41, 5.74) is 6.21. The molecule has 3 rings (SSSR count). The van der Waals surface area contributed by atoms with Gasteiger partial charge in [0.15, 0.2) is 11.5 Å². The van der Waals surface area contributed by atoms with Gasteiger partial charge in [0.2, 0.25) is 6.79 Å². The first-order valence-electron chi connectivity index (χ1n) is 6.60. The summed E-state index contributed by atoms with van der Waals surface area (Å²) in [7, 11) is 0. The Morgan fingerprint density at radius 1 is 1.09 bits per heavy atom. The van der Waals surface area contributed by atoms with E-state index >= 15 is 0 Å². The van der Waals surface area contributed by atoms with Gasteiger partial charge in [-0.15, -0.1) is 0 Å². The molecule has 8 heteroatoms. The number of rotatable bonds is 3. The van der Waals surface area contributed by atoms with Crippen LogP contribution in [0.3, 0.4) is 0 Å². The van der Waals surface area contributed by atoms with E-state index in [2.05, 4.69) is 10.6 Å². The lowest BCUT2D eigenvalue weighted by Crippen LogP contribution is -2.19. The van der Waals surface area contributed by atoms with Gasteiger partial charge in [-0.3, -0.25) is 4.79 Å². The summed E-state index contributed by atoms with van der Waals surface area (Å²) in [5, 5.41) is 5.42. The van der Waals surface area contributed by atoms with Crippen LogP contribution in [0.2, 0.25) is 5.02 Å². The van der Waals surface area contributed by atoms with Crippen LogP contribution >= 0.6 is 11.6 Å². The van der Waals surface area contributed by atoms with Gasteiger partial charge in [-0.1, -0.05) is 17.7 Å². The van der Waals surface area contributed by atoms with Crippen molar-refractivity contribution in [2.45, 2.75) is 0 Å². The highest BCUT2D eigenvalue weighted by molar-refractivity contribution is 6.34. The third-order valence-corrected chi connectivity index (χ3v) is 3.42. The molecule has 2 aromatic rings.